The Morgan fingerprint density at radius 3 is 2.29 bits per heavy atom. The molecule has 1 saturated carbocycles. The number of ketones is 2. The van der Waals surface area contributed by atoms with E-state index in [1.165, 1.54) is 55.9 Å². The van der Waals surface area contributed by atoms with Crippen molar-refractivity contribution in [3.8, 4) is 17.4 Å². The fourth-order valence-corrected chi connectivity index (χ4v) is 4.41. The number of carbonyl (C=O) groups is 3. The second-order valence-corrected chi connectivity index (χ2v) is 9.18. The van der Waals surface area contributed by atoms with Crippen molar-refractivity contribution >= 4 is 28.8 Å². The molecule has 0 unspecified atom stereocenters. The third-order valence-corrected chi connectivity index (χ3v) is 6.71. The van der Waals surface area contributed by atoms with Gasteiger partial charge in [0.2, 0.25) is 0 Å². The summed E-state index contributed by atoms with van der Waals surface area (Å²) in [6, 6.07) is 11.4. The topological polar surface area (TPSA) is 95.4 Å². The number of benzene rings is 2. The molecule has 5 rings (SSSR count). The Bertz CT molecular complexity index is 1570. The fraction of sp³-hybridized carbons (Fsp3) is 0.207. The first kappa shape index (κ1) is 25.1. The van der Waals surface area contributed by atoms with Gasteiger partial charge in [-0.25, -0.2) is 13.8 Å². The van der Waals surface area contributed by atoms with Gasteiger partial charge in [-0.1, -0.05) is 12.1 Å². The molecular weight excluding hydrogens is 494 g/mol. The summed E-state index contributed by atoms with van der Waals surface area (Å²) in [6.07, 6.45) is 4.19. The average molecular weight is 517 g/mol. The minimum Gasteiger partial charge on any atom is -0.496 e. The number of rotatable bonds is 10. The van der Waals surface area contributed by atoms with E-state index in [0.29, 0.717) is 46.9 Å². The molecule has 1 aliphatic rings. The molecular formula is C29H22F2N2O5. The van der Waals surface area contributed by atoms with Gasteiger partial charge in [-0.3, -0.25) is 19.4 Å². The predicted octanol–water partition coefficient (Wildman–Crippen LogP) is 5.23. The first-order valence-corrected chi connectivity index (χ1v) is 11.9. The molecule has 4 aromatic rings. The second kappa shape index (κ2) is 10.1. The first-order chi connectivity index (χ1) is 18.3. The number of fused-ring (bicyclic) bond motifs is 1. The normalized spacial score (nSPS) is 13.7. The SMILES string of the molecule is COc1cc2nccc(Oc3ncc(CC(=O)C4(C(=O)Cc5ccc(F)cc5)CC4)cc3F)c2cc1C=O. The minimum atomic E-state index is -1.09. The van der Waals surface area contributed by atoms with Gasteiger partial charge in [0.1, 0.15) is 17.3 Å². The van der Waals surface area contributed by atoms with Gasteiger partial charge in [0.05, 0.1) is 23.6 Å². The molecule has 0 aliphatic heterocycles. The van der Waals surface area contributed by atoms with Gasteiger partial charge in [0.25, 0.3) is 5.88 Å². The third-order valence-electron chi connectivity index (χ3n) is 6.71. The summed E-state index contributed by atoms with van der Waals surface area (Å²) >= 11 is 0. The van der Waals surface area contributed by atoms with Crippen LogP contribution >= 0.6 is 0 Å². The van der Waals surface area contributed by atoms with Crippen LogP contribution in [0.2, 0.25) is 0 Å². The lowest BCUT2D eigenvalue weighted by Crippen LogP contribution is -2.29. The number of carbonyl (C=O) groups excluding carboxylic acids is 3. The van der Waals surface area contributed by atoms with E-state index in [4.69, 9.17) is 9.47 Å². The van der Waals surface area contributed by atoms with Crippen molar-refractivity contribution in [3.05, 3.63) is 89.2 Å². The van der Waals surface area contributed by atoms with Crippen molar-refractivity contribution in [1.82, 2.24) is 9.97 Å². The fourth-order valence-electron chi connectivity index (χ4n) is 4.41. The smallest absolute Gasteiger partial charge is 0.255 e. The number of nitrogens with zero attached hydrogens (tertiary/aromatic N) is 2. The molecule has 192 valence electrons. The van der Waals surface area contributed by atoms with E-state index in [1.54, 1.807) is 6.07 Å². The maximum atomic E-state index is 15.0. The van der Waals surface area contributed by atoms with Crippen molar-refractivity contribution in [2.45, 2.75) is 25.7 Å². The third kappa shape index (κ3) is 4.87. The highest BCUT2D eigenvalue weighted by Gasteiger charge is 2.54. The zero-order chi connectivity index (χ0) is 26.9. The van der Waals surface area contributed by atoms with Crippen LogP contribution in [-0.2, 0) is 22.4 Å². The minimum absolute atomic E-state index is 0.0307. The van der Waals surface area contributed by atoms with Crippen LogP contribution < -0.4 is 9.47 Å². The van der Waals surface area contributed by atoms with E-state index in [9.17, 15) is 23.2 Å². The molecule has 0 spiro atoms. The lowest BCUT2D eigenvalue weighted by molar-refractivity contribution is -0.133. The first-order valence-electron chi connectivity index (χ1n) is 11.9. The quantitative estimate of drug-likeness (QED) is 0.211. The van der Waals surface area contributed by atoms with Crippen LogP contribution in [0.25, 0.3) is 10.9 Å². The average Bonchev–Trinajstić information content (AvgIpc) is 3.73. The van der Waals surface area contributed by atoms with E-state index in [1.807, 2.05) is 0 Å². The lowest BCUT2D eigenvalue weighted by Gasteiger charge is -2.14. The summed E-state index contributed by atoms with van der Waals surface area (Å²) in [4.78, 5) is 45.6. The number of halogens is 2. The molecule has 0 atom stereocenters. The molecule has 38 heavy (non-hydrogen) atoms. The largest absolute Gasteiger partial charge is 0.496 e. The molecule has 0 amide bonds. The van der Waals surface area contributed by atoms with Crippen molar-refractivity contribution in [1.29, 1.82) is 0 Å². The Morgan fingerprint density at radius 1 is 0.947 bits per heavy atom. The van der Waals surface area contributed by atoms with Gasteiger partial charge >= 0.3 is 0 Å². The molecule has 1 aliphatic carbocycles. The second-order valence-electron chi connectivity index (χ2n) is 9.18. The number of hydrogen-bond acceptors (Lipinski definition) is 7. The Hall–Kier alpha value is -4.53. The van der Waals surface area contributed by atoms with Gasteiger partial charge < -0.3 is 9.47 Å². The van der Waals surface area contributed by atoms with Crippen molar-refractivity contribution in [2.24, 2.45) is 5.41 Å². The molecule has 7 nitrogen and oxygen atoms in total. The molecule has 2 aromatic heterocycles. The van der Waals surface area contributed by atoms with Crippen LogP contribution in [-0.4, -0.2) is 34.9 Å². The highest BCUT2D eigenvalue weighted by Crippen LogP contribution is 2.49. The molecule has 9 heteroatoms. The number of aldehydes is 1. The summed E-state index contributed by atoms with van der Waals surface area (Å²) in [5, 5.41) is 0.464. The summed E-state index contributed by atoms with van der Waals surface area (Å²) in [5.41, 5.74) is 0.615. The van der Waals surface area contributed by atoms with E-state index in [0.717, 1.165) is 6.07 Å². The molecule has 2 heterocycles. The van der Waals surface area contributed by atoms with Crippen LogP contribution in [0, 0.1) is 17.0 Å². The van der Waals surface area contributed by atoms with E-state index in [2.05, 4.69) is 9.97 Å². The number of pyridine rings is 2. The van der Waals surface area contributed by atoms with Crippen molar-refractivity contribution < 1.29 is 32.6 Å². The van der Waals surface area contributed by atoms with Crippen LogP contribution in [0.5, 0.6) is 17.4 Å². The maximum Gasteiger partial charge on any atom is 0.255 e. The summed E-state index contributed by atoms with van der Waals surface area (Å²) in [6.45, 7) is 0. The molecule has 0 N–H and O–H groups in total. The van der Waals surface area contributed by atoms with Gasteiger partial charge in [-0.15, -0.1) is 0 Å². The highest BCUT2D eigenvalue weighted by molar-refractivity contribution is 6.10. The van der Waals surface area contributed by atoms with E-state index >= 15 is 0 Å². The van der Waals surface area contributed by atoms with Gasteiger partial charge in [0, 0.05) is 36.7 Å². The molecule has 0 bridgehead atoms. The zero-order valence-electron chi connectivity index (χ0n) is 20.4. The number of hydrogen-bond donors (Lipinski definition) is 0. The van der Waals surface area contributed by atoms with Crippen LogP contribution in [0.3, 0.4) is 0 Å². The van der Waals surface area contributed by atoms with Crippen LogP contribution in [0.1, 0.15) is 34.3 Å². The molecule has 0 radical (unpaired) electrons. The van der Waals surface area contributed by atoms with Gasteiger partial charge in [-0.2, -0.15) is 0 Å². The predicted molar refractivity (Wildman–Crippen MR) is 133 cm³/mol. The Kier molecular flexibility index (Phi) is 6.67. The van der Waals surface area contributed by atoms with Gasteiger partial charge in [0.15, 0.2) is 23.7 Å². The summed E-state index contributed by atoms with van der Waals surface area (Å²) < 4.78 is 39.0. The Labute approximate surface area is 216 Å². The highest BCUT2D eigenvalue weighted by atomic mass is 19.1. The van der Waals surface area contributed by atoms with E-state index in [-0.39, 0.29) is 41.6 Å². The molecule has 0 saturated heterocycles. The Morgan fingerprint density at radius 2 is 1.66 bits per heavy atom. The van der Waals surface area contributed by atoms with Crippen molar-refractivity contribution in [2.75, 3.05) is 7.11 Å². The molecule has 1 fully saturated rings. The van der Waals surface area contributed by atoms with Gasteiger partial charge in [-0.05, 0) is 54.3 Å². The zero-order valence-corrected chi connectivity index (χ0v) is 20.4. The Balaban J connectivity index is 1.31. The number of methoxy groups -OCH3 is 1. The lowest BCUT2D eigenvalue weighted by atomic mass is 9.88. The molecule has 2 aromatic carbocycles. The summed E-state index contributed by atoms with van der Waals surface area (Å²) in [7, 11) is 1.44. The number of ether oxygens (including phenoxy) is 2. The van der Waals surface area contributed by atoms with Crippen LogP contribution in [0.15, 0.2) is 60.9 Å². The monoisotopic (exact) mass is 516 g/mol. The standard InChI is InChI=1S/C29H22F2N2O5/c1-37-25-14-23-21(13-19(25)16-34)24(6-9-32-23)38-28-22(31)10-18(15-33-28)12-27(36)29(7-8-29)26(35)11-17-2-4-20(30)5-3-17/h2-6,9-10,13-16H,7-8,11-12H2,1H3. The van der Waals surface area contributed by atoms with E-state index < -0.39 is 17.0 Å². The van der Waals surface area contributed by atoms with Crippen LogP contribution in [0.4, 0.5) is 8.78 Å². The van der Waals surface area contributed by atoms with Crippen molar-refractivity contribution in [3.63, 3.8) is 0 Å². The summed E-state index contributed by atoms with van der Waals surface area (Å²) in [5.74, 6) is -1.44. The number of aromatic nitrogens is 2. The number of Topliss-reactive ketones (excluding diaryl/α,β-unsaturated/α-hetero) is 2. The maximum absolute atomic E-state index is 15.0.